The van der Waals surface area contributed by atoms with E-state index in [0.717, 1.165) is 5.56 Å². The molecule has 0 heterocycles. The van der Waals surface area contributed by atoms with Crippen molar-refractivity contribution >= 4 is 23.5 Å². The van der Waals surface area contributed by atoms with E-state index < -0.39 is 12.0 Å². The molecule has 0 aromatic heterocycles. The van der Waals surface area contributed by atoms with Crippen LogP contribution in [-0.4, -0.2) is 31.2 Å². The number of carbonyl (C=O) groups is 2. The molecule has 0 radical (unpaired) electrons. The Morgan fingerprint density at radius 2 is 1.73 bits per heavy atom. The van der Waals surface area contributed by atoms with Crippen LogP contribution in [0.4, 0.5) is 0 Å². The lowest BCUT2D eigenvalue weighted by Gasteiger charge is -2.19. The molecule has 6 nitrogen and oxygen atoms in total. The van der Waals surface area contributed by atoms with Crippen LogP contribution in [0.5, 0.6) is 11.5 Å². The van der Waals surface area contributed by atoms with Crippen LogP contribution < -0.4 is 14.8 Å². The maximum atomic E-state index is 12.3. The molecule has 2 N–H and O–H groups in total. The molecule has 0 saturated carbocycles. The Kier molecular flexibility index (Phi) is 6.86. The van der Waals surface area contributed by atoms with E-state index in [2.05, 4.69) is 5.32 Å². The number of rotatable bonds is 8. The zero-order valence-electron chi connectivity index (χ0n) is 14.5. The highest BCUT2D eigenvalue weighted by atomic mass is 35.5. The second-order valence-electron chi connectivity index (χ2n) is 5.64. The van der Waals surface area contributed by atoms with E-state index in [1.807, 2.05) is 0 Å². The average Bonchev–Trinajstić information content (AvgIpc) is 2.62. The molecule has 138 valence electrons. The summed E-state index contributed by atoms with van der Waals surface area (Å²) in [6, 6.07) is 11.3. The minimum Gasteiger partial charge on any atom is -0.493 e. The number of amides is 1. The Morgan fingerprint density at radius 3 is 2.31 bits per heavy atom. The van der Waals surface area contributed by atoms with Crippen molar-refractivity contribution in [3.8, 4) is 11.5 Å². The number of ether oxygens (including phenoxy) is 2. The summed E-state index contributed by atoms with van der Waals surface area (Å²) in [6.07, 6.45) is -0.123. The molecule has 0 bridgehead atoms. The quantitative estimate of drug-likeness (QED) is 0.737. The number of hydrogen-bond acceptors (Lipinski definition) is 4. The number of carboxylic acid groups (broad SMARTS) is 1. The molecule has 26 heavy (non-hydrogen) atoms. The third-order valence-corrected chi connectivity index (χ3v) is 4.05. The van der Waals surface area contributed by atoms with Crippen LogP contribution in [0, 0.1) is 0 Å². The minimum atomic E-state index is -1.02. The van der Waals surface area contributed by atoms with Gasteiger partial charge in [0, 0.05) is 5.02 Å². The second kappa shape index (κ2) is 9.10. The number of halogens is 1. The molecule has 1 unspecified atom stereocenters. The monoisotopic (exact) mass is 377 g/mol. The fourth-order valence-electron chi connectivity index (χ4n) is 2.53. The molecule has 0 saturated heterocycles. The molecule has 7 heteroatoms. The summed E-state index contributed by atoms with van der Waals surface area (Å²) < 4.78 is 10.4. The molecule has 0 aliphatic carbocycles. The molecule has 2 aromatic rings. The van der Waals surface area contributed by atoms with Crippen LogP contribution >= 0.6 is 11.6 Å². The van der Waals surface area contributed by atoms with Crippen molar-refractivity contribution in [3.05, 3.63) is 58.6 Å². The molecule has 0 spiro atoms. The molecule has 0 aliphatic heterocycles. The van der Waals surface area contributed by atoms with E-state index in [0.29, 0.717) is 22.1 Å². The molecule has 0 fully saturated rings. The predicted octanol–water partition coefficient (Wildman–Crippen LogP) is 3.23. The summed E-state index contributed by atoms with van der Waals surface area (Å²) in [5.41, 5.74) is 1.41. The lowest BCUT2D eigenvalue weighted by molar-refractivity contribution is -0.137. The van der Waals surface area contributed by atoms with Crippen LogP contribution in [0.1, 0.15) is 23.6 Å². The predicted molar refractivity (Wildman–Crippen MR) is 97.8 cm³/mol. The van der Waals surface area contributed by atoms with Crippen molar-refractivity contribution in [1.82, 2.24) is 5.32 Å². The number of carboxylic acids is 1. The maximum Gasteiger partial charge on any atom is 0.305 e. The fraction of sp³-hybridized carbons (Fsp3) is 0.263. The van der Waals surface area contributed by atoms with Gasteiger partial charge in [-0.2, -0.15) is 0 Å². The average molecular weight is 378 g/mol. The number of benzene rings is 2. The Morgan fingerprint density at radius 1 is 1.08 bits per heavy atom. The van der Waals surface area contributed by atoms with E-state index in [1.165, 1.54) is 14.2 Å². The van der Waals surface area contributed by atoms with Crippen molar-refractivity contribution in [1.29, 1.82) is 0 Å². The van der Waals surface area contributed by atoms with Gasteiger partial charge in [-0.05, 0) is 35.4 Å². The topological polar surface area (TPSA) is 84.9 Å². The Hall–Kier alpha value is -2.73. The number of methoxy groups -OCH3 is 2. The maximum absolute atomic E-state index is 12.3. The first-order valence-electron chi connectivity index (χ1n) is 7.90. The molecule has 0 aliphatic rings. The van der Waals surface area contributed by atoms with Crippen LogP contribution in [0.3, 0.4) is 0 Å². The van der Waals surface area contributed by atoms with E-state index in [1.54, 1.807) is 42.5 Å². The summed E-state index contributed by atoms with van der Waals surface area (Å²) >= 11 is 5.84. The van der Waals surface area contributed by atoms with Crippen LogP contribution in [0.2, 0.25) is 5.02 Å². The largest absolute Gasteiger partial charge is 0.493 e. The normalized spacial score (nSPS) is 11.5. The van der Waals surface area contributed by atoms with Crippen LogP contribution in [0.25, 0.3) is 0 Å². The van der Waals surface area contributed by atoms with E-state index in [4.69, 9.17) is 21.1 Å². The summed E-state index contributed by atoms with van der Waals surface area (Å²) in [7, 11) is 3.01. The van der Waals surface area contributed by atoms with Gasteiger partial charge in [0.1, 0.15) is 0 Å². The van der Waals surface area contributed by atoms with Gasteiger partial charge in [-0.3, -0.25) is 9.59 Å². The first kappa shape index (κ1) is 19.6. The van der Waals surface area contributed by atoms with Gasteiger partial charge in [-0.15, -0.1) is 0 Å². The Labute approximate surface area is 156 Å². The number of nitrogens with one attached hydrogen (secondary N) is 1. The molecule has 2 rings (SSSR count). The molecular formula is C19H20ClNO5. The third kappa shape index (κ3) is 5.39. The van der Waals surface area contributed by atoms with Crippen LogP contribution in [0.15, 0.2) is 42.5 Å². The minimum absolute atomic E-state index is 0.126. The van der Waals surface area contributed by atoms with Crippen molar-refractivity contribution in [2.75, 3.05) is 14.2 Å². The van der Waals surface area contributed by atoms with Gasteiger partial charge in [0.15, 0.2) is 11.5 Å². The standard InChI is InChI=1S/C19H20ClNO5/c1-25-16-8-5-13(10-17(16)26-2)15(11-19(23)24)21-18(22)9-12-3-6-14(20)7-4-12/h3-8,10,15H,9,11H2,1-2H3,(H,21,22)(H,23,24). The summed E-state index contributed by atoms with van der Waals surface area (Å²) in [6.45, 7) is 0. The molecular weight excluding hydrogens is 358 g/mol. The zero-order chi connectivity index (χ0) is 19.1. The Bertz CT molecular complexity index is 776. The van der Waals surface area contributed by atoms with E-state index in [-0.39, 0.29) is 18.7 Å². The highest BCUT2D eigenvalue weighted by molar-refractivity contribution is 6.30. The zero-order valence-corrected chi connectivity index (χ0v) is 15.2. The van der Waals surface area contributed by atoms with Crippen molar-refractivity contribution in [2.45, 2.75) is 18.9 Å². The smallest absolute Gasteiger partial charge is 0.305 e. The fourth-order valence-corrected chi connectivity index (χ4v) is 2.66. The van der Waals surface area contributed by atoms with Crippen LogP contribution in [-0.2, 0) is 16.0 Å². The highest BCUT2D eigenvalue weighted by Crippen LogP contribution is 2.31. The highest BCUT2D eigenvalue weighted by Gasteiger charge is 2.20. The summed E-state index contributed by atoms with van der Waals surface area (Å²) in [5, 5.41) is 12.5. The lowest BCUT2D eigenvalue weighted by Crippen LogP contribution is -2.31. The van der Waals surface area contributed by atoms with E-state index in [9.17, 15) is 14.7 Å². The van der Waals surface area contributed by atoms with Gasteiger partial charge in [-0.25, -0.2) is 0 Å². The van der Waals surface area contributed by atoms with Gasteiger partial charge in [0.25, 0.3) is 0 Å². The van der Waals surface area contributed by atoms with Crippen molar-refractivity contribution in [3.63, 3.8) is 0 Å². The summed E-state index contributed by atoms with van der Waals surface area (Å²) in [5.74, 6) is -0.310. The molecule has 1 atom stereocenters. The van der Waals surface area contributed by atoms with Gasteiger partial charge in [0.05, 0.1) is 33.1 Å². The summed E-state index contributed by atoms with van der Waals surface area (Å²) in [4.78, 5) is 23.6. The van der Waals surface area contributed by atoms with Gasteiger partial charge in [0.2, 0.25) is 5.91 Å². The first-order valence-corrected chi connectivity index (χ1v) is 8.28. The molecule has 1 amide bonds. The van der Waals surface area contributed by atoms with Gasteiger partial charge < -0.3 is 19.9 Å². The number of carbonyl (C=O) groups excluding carboxylic acids is 1. The number of hydrogen-bond donors (Lipinski definition) is 2. The van der Waals surface area contributed by atoms with E-state index >= 15 is 0 Å². The SMILES string of the molecule is COc1ccc(C(CC(=O)O)NC(=O)Cc2ccc(Cl)cc2)cc1OC. The molecule has 2 aromatic carbocycles. The van der Waals surface area contributed by atoms with Crippen molar-refractivity contribution < 1.29 is 24.2 Å². The third-order valence-electron chi connectivity index (χ3n) is 3.80. The van der Waals surface area contributed by atoms with Gasteiger partial charge in [-0.1, -0.05) is 29.8 Å². The second-order valence-corrected chi connectivity index (χ2v) is 6.07. The Balaban J connectivity index is 2.17. The first-order chi connectivity index (χ1) is 12.4. The lowest BCUT2D eigenvalue weighted by atomic mass is 10.0. The number of aliphatic carboxylic acids is 1. The van der Waals surface area contributed by atoms with Gasteiger partial charge >= 0.3 is 5.97 Å². The van der Waals surface area contributed by atoms with Crippen molar-refractivity contribution in [2.24, 2.45) is 0 Å².